The predicted octanol–water partition coefficient (Wildman–Crippen LogP) is 4.71. The molecule has 0 radical (unpaired) electrons. The summed E-state index contributed by atoms with van der Waals surface area (Å²) in [6.07, 6.45) is -2.47. The molecule has 0 fully saturated rings. The normalized spacial score (nSPS) is 15.5. The first-order valence-corrected chi connectivity index (χ1v) is 12.9. The van der Waals surface area contributed by atoms with Gasteiger partial charge in [0.2, 0.25) is 11.8 Å². The summed E-state index contributed by atoms with van der Waals surface area (Å²) in [6.45, 7) is 4.68. The van der Waals surface area contributed by atoms with Crippen LogP contribution >= 0.6 is 23.2 Å². The third-order valence-electron chi connectivity index (χ3n) is 5.87. The number of benzene rings is 2. The number of halogens is 4. The Balaban J connectivity index is 1.81. The Labute approximate surface area is 238 Å². The van der Waals surface area contributed by atoms with Crippen molar-refractivity contribution < 1.29 is 37.8 Å². The van der Waals surface area contributed by atoms with Crippen LogP contribution in [0.2, 0.25) is 10.0 Å². The van der Waals surface area contributed by atoms with Crippen molar-refractivity contribution in [2.45, 2.75) is 57.8 Å². The van der Waals surface area contributed by atoms with E-state index in [4.69, 9.17) is 27.9 Å². The highest BCUT2D eigenvalue weighted by Crippen LogP contribution is 2.30. The van der Waals surface area contributed by atoms with Gasteiger partial charge in [-0.25, -0.2) is 18.4 Å². The van der Waals surface area contributed by atoms with Gasteiger partial charge in [-0.2, -0.15) is 0 Å². The molecule has 0 aliphatic carbocycles. The van der Waals surface area contributed by atoms with E-state index in [-0.39, 0.29) is 36.6 Å². The van der Waals surface area contributed by atoms with Crippen molar-refractivity contribution in [1.29, 1.82) is 0 Å². The van der Waals surface area contributed by atoms with Crippen molar-refractivity contribution in [2.75, 3.05) is 11.9 Å². The van der Waals surface area contributed by atoms with Crippen molar-refractivity contribution in [3.63, 3.8) is 0 Å². The smallest absolute Gasteiger partial charge is 0.408 e. The first-order chi connectivity index (χ1) is 18.7. The molecule has 4 amide bonds. The molecule has 2 aromatic rings. The molecular weight excluding hydrogens is 573 g/mol. The Morgan fingerprint density at radius 2 is 1.82 bits per heavy atom. The molecule has 216 valence electrons. The van der Waals surface area contributed by atoms with Gasteiger partial charge in [-0.3, -0.25) is 14.5 Å². The number of nitrogens with zero attached hydrogens (tertiary/aromatic N) is 1. The molecule has 0 aromatic heterocycles. The van der Waals surface area contributed by atoms with Crippen LogP contribution in [-0.4, -0.2) is 58.2 Å². The van der Waals surface area contributed by atoms with Gasteiger partial charge in [-0.05, 0) is 62.6 Å². The van der Waals surface area contributed by atoms with Crippen LogP contribution in [0.5, 0.6) is 0 Å². The number of amides is 4. The van der Waals surface area contributed by atoms with Crippen molar-refractivity contribution in [1.82, 2.24) is 15.5 Å². The second-order valence-corrected chi connectivity index (χ2v) is 10.8. The van der Waals surface area contributed by atoms with Crippen molar-refractivity contribution in [3.05, 3.63) is 63.1 Å². The van der Waals surface area contributed by atoms with E-state index in [0.717, 1.165) is 4.90 Å². The van der Waals surface area contributed by atoms with Gasteiger partial charge in [0.15, 0.2) is 5.82 Å². The third-order valence-corrected chi connectivity index (χ3v) is 6.66. The lowest BCUT2D eigenvalue weighted by molar-refractivity contribution is -0.130. The van der Waals surface area contributed by atoms with Crippen molar-refractivity contribution in [3.8, 4) is 0 Å². The monoisotopic (exact) mass is 600 g/mol. The minimum atomic E-state index is -1.39. The number of rotatable bonds is 7. The Morgan fingerprint density at radius 3 is 2.48 bits per heavy atom. The number of ether oxygens (including phenoxy) is 1. The van der Waals surface area contributed by atoms with Crippen LogP contribution < -0.4 is 16.0 Å². The van der Waals surface area contributed by atoms with E-state index in [9.17, 15) is 33.1 Å². The molecule has 3 rings (SSSR count). The maximum Gasteiger partial charge on any atom is 0.408 e. The number of hydrogen-bond acceptors (Lipinski definition) is 5. The van der Waals surface area contributed by atoms with E-state index < -0.39 is 58.3 Å². The SMILES string of the molecule is CC(C)(C)OC(=O)NCC[C@H](NC(=O)[C@@H]1Cc2cc(F)ccc2CN1C(=O)O)C(=O)Nc1ccc(Cl)c(Cl)c1F. The van der Waals surface area contributed by atoms with Gasteiger partial charge in [0.25, 0.3) is 0 Å². The third kappa shape index (κ3) is 7.95. The Hall–Kier alpha value is -3.64. The molecule has 1 aliphatic heterocycles. The second kappa shape index (κ2) is 12.7. The molecule has 0 bridgehead atoms. The zero-order valence-electron chi connectivity index (χ0n) is 21.8. The quantitative estimate of drug-likeness (QED) is 0.340. The van der Waals surface area contributed by atoms with E-state index in [1.165, 1.54) is 30.3 Å². The van der Waals surface area contributed by atoms with Crippen LogP contribution in [0.1, 0.15) is 38.3 Å². The van der Waals surface area contributed by atoms with Gasteiger partial charge in [-0.1, -0.05) is 29.3 Å². The number of alkyl carbamates (subject to hydrolysis) is 1. The lowest BCUT2D eigenvalue weighted by Crippen LogP contribution is -2.56. The second-order valence-electron chi connectivity index (χ2n) is 10.0. The highest BCUT2D eigenvalue weighted by Gasteiger charge is 2.36. The fourth-order valence-electron chi connectivity index (χ4n) is 4.00. The Bertz CT molecular complexity index is 1320. The lowest BCUT2D eigenvalue weighted by Gasteiger charge is -2.34. The van der Waals surface area contributed by atoms with Crippen LogP contribution in [-0.2, 0) is 27.3 Å². The largest absolute Gasteiger partial charge is 0.465 e. The zero-order valence-corrected chi connectivity index (χ0v) is 23.3. The molecule has 2 aromatic carbocycles. The first-order valence-electron chi connectivity index (χ1n) is 12.1. The highest BCUT2D eigenvalue weighted by molar-refractivity contribution is 6.42. The van der Waals surface area contributed by atoms with Gasteiger partial charge < -0.3 is 25.8 Å². The van der Waals surface area contributed by atoms with Crippen LogP contribution in [0.15, 0.2) is 30.3 Å². The number of hydrogen-bond donors (Lipinski definition) is 4. The fourth-order valence-corrected chi connectivity index (χ4v) is 4.31. The topological polar surface area (TPSA) is 137 Å². The number of carbonyl (C=O) groups excluding carboxylic acids is 3. The fraction of sp³-hybridized carbons (Fsp3) is 0.385. The summed E-state index contributed by atoms with van der Waals surface area (Å²) >= 11 is 11.6. The summed E-state index contributed by atoms with van der Waals surface area (Å²) in [6, 6.07) is 3.65. The van der Waals surface area contributed by atoms with Gasteiger partial charge in [-0.15, -0.1) is 0 Å². The number of carboxylic acid groups (broad SMARTS) is 1. The minimum absolute atomic E-state index is 0.0774. The molecule has 4 N–H and O–H groups in total. The van der Waals surface area contributed by atoms with E-state index in [1.54, 1.807) is 20.8 Å². The van der Waals surface area contributed by atoms with Gasteiger partial charge >= 0.3 is 12.2 Å². The molecule has 0 spiro atoms. The van der Waals surface area contributed by atoms with Crippen molar-refractivity contribution >= 4 is 52.9 Å². The van der Waals surface area contributed by atoms with Gasteiger partial charge in [0, 0.05) is 13.0 Å². The van der Waals surface area contributed by atoms with Gasteiger partial charge in [0.1, 0.15) is 23.5 Å². The molecule has 1 aliphatic rings. The molecule has 0 saturated heterocycles. The van der Waals surface area contributed by atoms with E-state index in [1.807, 2.05) is 0 Å². The van der Waals surface area contributed by atoms with Gasteiger partial charge in [0.05, 0.1) is 22.3 Å². The summed E-state index contributed by atoms with van der Waals surface area (Å²) in [5.41, 5.74) is -0.104. The van der Waals surface area contributed by atoms with E-state index in [2.05, 4.69) is 16.0 Å². The number of carbonyl (C=O) groups is 4. The maximum atomic E-state index is 14.6. The Kier molecular flexibility index (Phi) is 9.80. The zero-order chi connectivity index (χ0) is 29.8. The summed E-state index contributed by atoms with van der Waals surface area (Å²) < 4.78 is 33.6. The van der Waals surface area contributed by atoms with Crippen molar-refractivity contribution in [2.24, 2.45) is 0 Å². The molecular formula is C26H28Cl2F2N4O6. The summed E-state index contributed by atoms with van der Waals surface area (Å²) in [4.78, 5) is 51.3. The summed E-state index contributed by atoms with van der Waals surface area (Å²) in [5, 5.41) is 16.5. The molecule has 10 nitrogen and oxygen atoms in total. The highest BCUT2D eigenvalue weighted by atomic mass is 35.5. The number of nitrogens with one attached hydrogen (secondary N) is 3. The summed E-state index contributed by atoms with van der Waals surface area (Å²) in [7, 11) is 0. The molecule has 40 heavy (non-hydrogen) atoms. The van der Waals surface area contributed by atoms with Crippen LogP contribution in [0, 0.1) is 11.6 Å². The average Bonchev–Trinajstić information content (AvgIpc) is 2.86. The van der Waals surface area contributed by atoms with E-state index in [0.29, 0.717) is 11.1 Å². The minimum Gasteiger partial charge on any atom is -0.465 e. The Morgan fingerprint density at radius 1 is 1.12 bits per heavy atom. The van der Waals surface area contributed by atoms with Crippen LogP contribution in [0.3, 0.4) is 0 Å². The molecule has 0 unspecified atom stereocenters. The summed E-state index contributed by atoms with van der Waals surface area (Å²) in [5.74, 6) is -3.26. The number of fused-ring (bicyclic) bond motifs is 1. The lowest BCUT2D eigenvalue weighted by atomic mass is 9.93. The molecule has 1 heterocycles. The maximum absolute atomic E-state index is 14.6. The predicted molar refractivity (Wildman–Crippen MR) is 143 cm³/mol. The van der Waals surface area contributed by atoms with E-state index >= 15 is 0 Å². The average molecular weight is 601 g/mol. The molecule has 0 saturated carbocycles. The van der Waals surface area contributed by atoms with Crippen LogP contribution in [0.25, 0.3) is 0 Å². The number of anilines is 1. The standard InChI is InChI=1S/C26H28Cl2F2N4O6/c1-26(2,3)40-24(37)31-9-8-18(22(35)32-17-7-6-16(27)20(28)21(17)30)33-23(36)19-11-14-10-15(29)5-4-13(14)12-34(19)25(38)39/h4-7,10,18-19H,8-9,11-12H2,1-3H3,(H,31,37)(H,32,35)(H,33,36)(H,38,39)/t18-,19-/m0/s1. The molecule has 14 heteroatoms. The first kappa shape index (κ1) is 30.9. The van der Waals surface area contributed by atoms with Crippen LogP contribution in [0.4, 0.5) is 24.1 Å². The molecule has 2 atom stereocenters.